The summed E-state index contributed by atoms with van der Waals surface area (Å²) >= 11 is 5.21. The molecule has 0 saturated heterocycles. The first kappa shape index (κ1) is 12.6. The topological polar surface area (TPSA) is 20.2 Å². The van der Waals surface area contributed by atoms with Gasteiger partial charge < -0.3 is 5.11 Å². The van der Waals surface area contributed by atoms with Crippen LogP contribution in [-0.4, -0.2) is 10.7 Å². The van der Waals surface area contributed by atoms with Crippen LogP contribution in [0.15, 0.2) is 15.9 Å². The lowest BCUT2D eigenvalue weighted by molar-refractivity contribution is -0.0298. The quantitative estimate of drug-likeness (QED) is 0.866. The maximum absolute atomic E-state index is 10.7. The molecule has 2 atom stereocenters. The van der Waals surface area contributed by atoms with Gasteiger partial charge in [0, 0.05) is 11.3 Å². The second-order valence-corrected chi connectivity index (χ2v) is 8.01. The van der Waals surface area contributed by atoms with E-state index in [1.54, 1.807) is 11.3 Å². The smallest absolute Gasteiger partial charge is 0.0701 e. The lowest BCUT2D eigenvalue weighted by atomic mass is 9.72. The van der Waals surface area contributed by atoms with Gasteiger partial charge in [-0.3, -0.25) is 0 Å². The van der Waals surface area contributed by atoms with E-state index in [0.29, 0.717) is 11.8 Å². The highest BCUT2D eigenvalue weighted by Crippen LogP contribution is 2.39. The highest BCUT2D eigenvalue weighted by atomic mass is 79.9. The minimum absolute atomic E-state index is 0.471. The summed E-state index contributed by atoms with van der Waals surface area (Å²) in [5.74, 6) is 1.30. The lowest BCUT2D eigenvalue weighted by Gasteiger charge is -2.38. The Balaban J connectivity index is 2.07. The van der Waals surface area contributed by atoms with Gasteiger partial charge in [0.05, 0.1) is 9.39 Å². The molecule has 0 spiro atoms. The van der Waals surface area contributed by atoms with E-state index in [0.717, 1.165) is 23.0 Å². The Labute approximate surface area is 110 Å². The summed E-state index contributed by atoms with van der Waals surface area (Å²) in [5.41, 5.74) is -0.471. The van der Waals surface area contributed by atoms with Crippen molar-refractivity contribution in [3.63, 3.8) is 0 Å². The maximum Gasteiger partial charge on any atom is 0.0701 e. The molecule has 3 heteroatoms. The standard InChI is InChI=1S/C13H19BrOS/c1-9-5-10(2)7-13(15,6-9)8-11-3-4-12(14)16-11/h3-4,9-10,15H,5-8H2,1-2H3. The van der Waals surface area contributed by atoms with Crippen molar-refractivity contribution >= 4 is 27.3 Å². The number of hydrogen-bond acceptors (Lipinski definition) is 2. The number of hydrogen-bond donors (Lipinski definition) is 1. The Morgan fingerprint density at radius 3 is 2.50 bits per heavy atom. The molecule has 90 valence electrons. The Bertz CT molecular complexity index is 351. The fourth-order valence-corrected chi connectivity index (χ4v) is 4.77. The molecule has 1 N–H and O–H groups in total. The summed E-state index contributed by atoms with van der Waals surface area (Å²) in [6.07, 6.45) is 3.98. The molecular formula is C13H19BrOS. The van der Waals surface area contributed by atoms with E-state index >= 15 is 0 Å². The van der Waals surface area contributed by atoms with Crippen LogP contribution in [0.1, 0.15) is 38.0 Å². The van der Waals surface area contributed by atoms with Crippen molar-refractivity contribution < 1.29 is 5.11 Å². The second-order valence-electron chi connectivity index (χ2n) is 5.46. The van der Waals surface area contributed by atoms with Gasteiger partial charge in [0.2, 0.25) is 0 Å². The lowest BCUT2D eigenvalue weighted by Crippen LogP contribution is -2.39. The van der Waals surface area contributed by atoms with Crippen molar-refractivity contribution in [1.82, 2.24) is 0 Å². The first-order chi connectivity index (χ1) is 7.47. The van der Waals surface area contributed by atoms with E-state index in [1.165, 1.54) is 11.3 Å². The van der Waals surface area contributed by atoms with Crippen LogP contribution in [0.4, 0.5) is 0 Å². The third-order valence-electron chi connectivity index (χ3n) is 3.39. The van der Waals surface area contributed by atoms with E-state index < -0.39 is 5.60 Å². The first-order valence-corrected chi connectivity index (χ1v) is 7.54. The number of halogens is 1. The van der Waals surface area contributed by atoms with Crippen LogP contribution < -0.4 is 0 Å². The number of thiophene rings is 1. The third kappa shape index (κ3) is 3.08. The van der Waals surface area contributed by atoms with Gasteiger partial charge in [0.1, 0.15) is 0 Å². The maximum atomic E-state index is 10.7. The van der Waals surface area contributed by atoms with Crippen LogP contribution in [0, 0.1) is 11.8 Å². The molecular weight excluding hydrogens is 284 g/mol. The monoisotopic (exact) mass is 302 g/mol. The molecule has 0 amide bonds. The van der Waals surface area contributed by atoms with Crippen LogP contribution in [0.25, 0.3) is 0 Å². The van der Waals surface area contributed by atoms with E-state index in [9.17, 15) is 5.11 Å². The summed E-state index contributed by atoms with van der Waals surface area (Å²) in [7, 11) is 0. The second kappa shape index (κ2) is 4.79. The molecule has 1 heterocycles. The third-order valence-corrected chi connectivity index (χ3v) is 5.02. The van der Waals surface area contributed by atoms with Crippen molar-refractivity contribution in [1.29, 1.82) is 0 Å². The molecule has 1 nitrogen and oxygen atoms in total. The normalized spacial score (nSPS) is 35.2. The fraction of sp³-hybridized carbons (Fsp3) is 0.692. The zero-order valence-corrected chi connectivity index (χ0v) is 12.3. The van der Waals surface area contributed by atoms with Crippen LogP contribution in [0.5, 0.6) is 0 Å². The Morgan fingerprint density at radius 1 is 1.38 bits per heavy atom. The van der Waals surface area contributed by atoms with Gasteiger partial charge in [-0.2, -0.15) is 0 Å². The SMILES string of the molecule is CC1CC(C)CC(O)(Cc2ccc(Br)s2)C1. The molecule has 16 heavy (non-hydrogen) atoms. The molecule has 1 aromatic rings. The zero-order chi connectivity index (χ0) is 11.8. The summed E-state index contributed by atoms with van der Waals surface area (Å²) in [6, 6.07) is 4.19. The predicted molar refractivity (Wildman–Crippen MR) is 72.9 cm³/mol. The molecule has 2 rings (SSSR count). The van der Waals surface area contributed by atoms with Crippen LogP contribution >= 0.6 is 27.3 Å². The van der Waals surface area contributed by atoms with Crippen molar-refractivity contribution in [3.8, 4) is 0 Å². The highest BCUT2D eigenvalue weighted by Gasteiger charge is 2.36. The zero-order valence-electron chi connectivity index (χ0n) is 9.87. The van der Waals surface area contributed by atoms with Crippen molar-refractivity contribution in [2.24, 2.45) is 11.8 Å². The molecule has 1 aromatic heterocycles. The Morgan fingerprint density at radius 2 is 2.00 bits per heavy atom. The van der Waals surface area contributed by atoms with Gasteiger partial charge >= 0.3 is 0 Å². The minimum atomic E-state index is -0.471. The average molecular weight is 303 g/mol. The van der Waals surface area contributed by atoms with Gasteiger partial charge in [-0.05, 0) is 59.2 Å². The molecule has 1 aliphatic rings. The van der Waals surface area contributed by atoms with E-state index in [2.05, 4.69) is 41.9 Å². The average Bonchev–Trinajstić information content (AvgIpc) is 2.47. The molecule has 1 fully saturated rings. The largest absolute Gasteiger partial charge is 0.389 e. The summed E-state index contributed by atoms with van der Waals surface area (Å²) in [4.78, 5) is 1.29. The molecule has 0 aromatic carbocycles. The highest BCUT2D eigenvalue weighted by molar-refractivity contribution is 9.11. The minimum Gasteiger partial charge on any atom is -0.389 e. The molecule has 2 unspecified atom stereocenters. The van der Waals surface area contributed by atoms with Gasteiger partial charge in [0.15, 0.2) is 0 Å². The molecule has 0 bridgehead atoms. The van der Waals surface area contributed by atoms with Crippen LogP contribution in [0.2, 0.25) is 0 Å². The Kier molecular flexibility index (Phi) is 3.77. The number of aliphatic hydroxyl groups is 1. The number of rotatable bonds is 2. The Hall–Kier alpha value is 0.140. The van der Waals surface area contributed by atoms with Crippen LogP contribution in [-0.2, 0) is 6.42 Å². The van der Waals surface area contributed by atoms with E-state index in [-0.39, 0.29) is 0 Å². The molecule has 0 aliphatic heterocycles. The fourth-order valence-electron chi connectivity index (χ4n) is 3.15. The van der Waals surface area contributed by atoms with Crippen LogP contribution in [0.3, 0.4) is 0 Å². The van der Waals surface area contributed by atoms with E-state index in [4.69, 9.17) is 0 Å². The summed E-state index contributed by atoms with van der Waals surface area (Å²) in [5, 5.41) is 10.7. The summed E-state index contributed by atoms with van der Waals surface area (Å²) in [6.45, 7) is 4.51. The molecule has 0 radical (unpaired) electrons. The van der Waals surface area contributed by atoms with Gasteiger partial charge in [-0.25, -0.2) is 0 Å². The van der Waals surface area contributed by atoms with Crippen molar-refractivity contribution in [3.05, 3.63) is 20.8 Å². The van der Waals surface area contributed by atoms with Gasteiger partial charge in [0.25, 0.3) is 0 Å². The van der Waals surface area contributed by atoms with Crippen molar-refractivity contribution in [2.45, 2.75) is 45.1 Å². The van der Waals surface area contributed by atoms with Gasteiger partial charge in [-0.15, -0.1) is 11.3 Å². The van der Waals surface area contributed by atoms with Gasteiger partial charge in [-0.1, -0.05) is 13.8 Å². The van der Waals surface area contributed by atoms with E-state index in [1.807, 2.05) is 0 Å². The molecule has 1 saturated carbocycles. The summed E-state index contributed by atoms with van der Waals surface area (Å²) < 4.78 is 1.16. The van der Waals surface area contributed by atoms with Crippen molar-refractivity contribution in [2.75, 3.05) is 0 Å². The molecule has 1 aliphatic carbocycles. The first-order valence-electron chi connectivity index (χ1n) is 5.93. The predicted octanol–water partition coefficient (Wildman–Crippen LogP) is 4.24.